The topological polar surface area (TPSA) is 179 Å². The molecule has 4 rings (SSSR count). The van der Waals surface area contributed by atoms with E-state index in [0.29, 0.717) is 5.52 Å². The molecule has 2 unspecified atom stereocenters. The molecule has 0 aliphatic carbocycles. The van der Waals surface area contributed by atoms with Crippen LogP contribution in [0.15, 0.2) is 79.1 Å². The Hall–Kier alpha value is -5.40. The Kier molecular flexibility index (Phi) is 9.63. The van der Waals surface area contributed by atoms with Crippen LogP contribution in [-0.2, 0) is 14.4 Å². The summed E-state index contributed by atoms with van der Waals surface area (Å²) in [4.78, 5) is 51.4. The standard InChI is InChI=1S/C25H21N3O6.C2HF3O2/c29-22(30)13-18(15-6-2-1-3-7-15)19-14-27-21-12-16(9-10-17(19)21)34-24(25(32)33)28-23(31)20-8-4-5-11-26-20;3-2(4,5)1(6)7/h1-12,14,18,24,27H,13H2,(H,28,31)(H,29,30)(H,32,33);(H,6,7). The normalized spacial score (nSPS) is 12.4. The number of amides is 1. The number of fused-ring (bicyclic) bond motifs is 1. The predicted octanol–water partition coefficient (Wildman–Crippen LogP) is 4.02. The van der Waals surface area contributed by atoms with Crippen molar-refractivity contribution in [2.75, 3.05) is 0 Å². The number of carboxylic acids is 3. The largest absolute Gasteiger partial charge is 0.490 e. The summed E-state index contributed by atoms with van der Waals surface area (Å²) >= 11 is 0. The molecule has 214 valence electrons. The smallest absolute Gasteiger partial charge is 0.481 e. The van der Waals surface area contributed by atoms with Gasteiger partial charge in [-0.25, -0.2) is 9.59 Å². The third kappa shape index (κ3) is 8.29. The molecule has 11 nitrogen and oxygen atoms in total. The number of aliphatic carboxylic acids is 3. The van der Waals surface area contributed by atoms with Crippen molar-refractivity contribution >= 4 is 34.7 Å². The molecule has 0 saturated heterocycles. The van der Waals surface area contributed by atoms with Crippen LogP contribution < -0.4 is 10.1 Å². The van der Waals surface area contributed by atoms with Crippen molar-refractivity contribution in [3.63, 3.8) is 0 Å². The van der Waals surface area contributed by atoms with E-state index in [1.807, 2.05) is 30.3 Å². The summed E-state index contributed by atoms with van der Waals surface area (Å²) in [6.45, 7) is 0. The zero-order valence-corrected chi connectivity index (χ0v) is 20.8. The van der Waals surface area contributed by atoms with Crippen LogP contribution in [-0.4, -0.2) is 61.5 Å². The van der Waals surface area contributed by atoms with Gasteiger partial charge in [0.25, 0.3) is 12.1 Å². The number of carbonyl (C=O) groups is 4. The Labute approximate surface area is 229 Å². The van der Waals surface area contributed by atoms with E-state index in [-0.39, 0.29) is 23.8 Å². The number of nitrogens with zero attached hydrogens (tertiary/aromatic N) is 1. The van der Waals surface area contributed by atoms with Gasteiger partial charge < -0.3 is 30.4 Å². The quantitative estimate of drug-likeness (QED) is 0.185. The number of nitrogens with one attached hydrogen (secondary N) is 2. The molecule has 0 bridgehead atoms. The predicted molar refractivity (Wildman–Crippen MR) is 136 cm³/mol. The van der Waals surface area contributed by atoms with Crippen molar-refractivity contribution in [1.82, 2.24) is 15.3 Å². The summed E-state index contributed by atoms with van der Waals surface area (Å²) in [6, 6.07) is 19.0. The number of hydrogen-bond acceptors (Lipinski definition) is 6. The molecule has 1 amide bonds. The number of aromatic amines is 1. The molecule has 0 saturated carbocycles. The van der Waals surface area contributed by atoms with Gasteiger partial charge >= 0.3 is 24.1 Å². The molecule has 41 heavy (non-hydrogen) atoms. The highest BCUT2D eigenvalue weighted by molar-refractivity contribution is 5.94. The highest BCUT2D eigenvalue weighted by Crippen LogP contribution is 2.34. The second-order valence-corrected chi connectivity index (χ2v) is 8.34. The lowest BCUT2D eigenvalue weighted by atomic mass is 9.88. The first kappa shape index (κ1) is 30.1. The van der Waals surface area contributed by atoms with Gasteiger partial charge in [-0.05, 0) is 35.4 Å². The number of pyridine rings is 1. The van der Waals surface area contributed by atoms with Gasteiger partial charge in [-0.3, -0.25) is 14.6 Å². The summed E-state index contributed by atoms with van der Waals surface area (Å²) in [7, 11) is 0. The van der Waals surface area contributed by atoms with Crippen LogP contribution in [0.2, 0.25) is 0 Å². The summed E-state index contributed by atoms with van der Waals surface area (Å²) in [5.41, 5.74) is 2.37. The molecule has 2 aromatic carbocycles. The molecule has 0 aliphatic rings. The molecule has 2 heterocycles. The number of halogens is 3. The highest BCUT2D eigenvalue weighted by atomic mass is 19.4. The van der Waals surface area contributed by atoms with Gasteiger partial charge in [-0.2, -0.15) is 13.2 Å². The zero-order valence-electron chi connectivity index (χ0n) is 20.8. The van der Waals surface area contributed by atoms with Gasteiger partial charge in [0.1, 0.15) is 11.4 Å². The lowest BCUT2D eigenvalue weighted by Crippen LogP contribution is -2.45. The number of benzene rings is 2. The summed E-state index contributed by atoms with van der Waals surface area (Å²) in [5.74, 6) is -5.89. The maximum absolute atomic E-state index is 12.3. The maximum atomic E-state index is 12.3. The summed E-state index contributed by atoms with van der Waals surface area (Å²) < 4.78 is 37.3. The molecule has 2 aromatic heterocycles. The van der Waals surface area contributed by atoms with Gasteiger partial charge in [0.15, 0.2) is 0 Å². The molecule has 0 aliphatic heterocycles. The summed E-state index contributed by atoms with van der Waals surface area (Å²) in [6.07, 6.45) is -3.64. The Bertz CT molecular complexity index is 1530. The van der Waals surface area contributed by atoms with Crippen molar-refractivity contribution < 1.29 is 52.4 Å². The first-order valence-corrected chi connectivity index (χ1v) is 11.7. The van der Waals surface area contributed by atoms with Crippen molar-refractivity contribution in [2.45, 2.75) is 24.7 Å². The fraction of sp³-hybridized carbons (Fsp3) is 0.148. The SMILES string of the molecule is O=C(O)C(F)(F)F.O=C(O)CC(c1ccccc1)c1c[nH]c2cc(OC(NC(=O)c3ccccn3)C(=O)O)ccc12. The molecule has 0 radical (unpaired) electrons. The van der Waals surface area contributed by atoms with E-state index in [2.05, 4.69) is 15.3 Å². The van der Waals surface area contributed by atoms with Crippen molar-refractivity contribution in [3.8, 4) is 5.75 Å². The second kappa shape index (κ2) is 13.1. The minimum atomic E-state index is -5.08. The van der Waals surface area contributed by atoms with Crippen LogP contribution in [0.25, 0.3) is 10.9 Å². The Morgan fingerprint density at radius 3 is 2.17 bits per heavy atom. The fourth-order valence-electron chi connectivity index (χ4n) is 3.72. The summed E-state index contributed by atoms with van der Waals surface area (Å²) in [5, 5.41) is 29.2. The maximum Gasteiger partial charge on any atom is 0.490 e. The number of ether oxygens (including phenoxy) is 1. The highest BCUT2D eigenvalue weighted by Gasteiger charge is 2.38. The van der Waals surface area contributed by atoms with Crippen molar-refractivity contribution in [2.24, 2.45) is 0 Å². The number of H-pyrrole nitrogens is 1. The second-order valence-electron chi connectivity index (χ2n) is 8.34. The van der Waals surface area contributed by atoms with Crippen molar-refractivity contribution in [3.05, 3.63) is 95.9 Å². The number of alkyl halides is 3. The number of carbonyl (C=O) groups excluding carboxylic acids is 1. The third-order valence-corrected chi connectivity index (χ3v) is 5.52. The number of hydrogen-bond donors (Lipinski definition) is 5. The van der Waals surface area contributed by atoms with E-state index < -0.39 is 36.2 Å². The zero-order chi connectivity index (χ0) is 30.2. The Morgan fingerprint density at radius 1 is 0.951 bits per heavy atom. The molecule has 2 atom stereocenters. The average Bonchev–Trinajstić information content (AvgIpc) is 3.35. The molecule has 0 fully saturated rings. The van der Waals surface area contributed by atoms with Crippen LogP contribution in [0, 0.1) is 0 Å². The fourth-order valence-corrected chi connectivity index (χ4v) is 3.72. The molecular weight excluding hydrogens is 551 g/mol. The van der Waals surface area contributed by atoms with E-state index in [1.54, 1.807) is 36.5 Å². The van der Waals surface area contributed by atoms with Crippen LogP contribution >= 0.6 is 0 Å². The number of rotatable bonds is 9. The van der Waals surface area contributed by atoms with Gasteiger partial charge in [0, 0.05) is 35.3 Å². The van der Waals surface area contributed by atoms with E-state index >= 15 is 0 Å². The lowest BCUT2D eigenvalue weighted by molar-refractivity contribution is -0.192. The van der Waals surface area contributed by atoms with E-state index in [0.717, 1.165) is 16.5 Å². The number of aromatic nitrogens is 2. The molecule has 4 aromatic rings. The molecule has 5 N–H and O–H groups in total. The van der Waals surface area contributed by atoms with Crippen molar-refractivity contribution in [1.29, 1.82) is 0 Å². The minimum Gasteiger partial charge on any atom is -0.481 e. The minimum absolute atomic E-state index is 0.0622. The first-order chi connectivity index (χ1) is 19.4. The van der Waals surface area contributed by atoms with Gasteiger partial charge in [-0.15, -0.1) is 0 Å². The Morgan fingerprint density at radius 2 is 1.61 bits per heavy atom. The van der Waals surface area contributed by atoms with Crippen LogP contribution in [0.4, 0.5) is 13.2 Å². The molecule has 0 spiro atoms. The van der Waals surface area contributed by atoms with Crippen LogP contribution in [0.1, 0.15) is 34.0 Å². The third-order valence-electron chi connectivity index (χ3n) is 5.52. The van der Waals surface area contributed by atoms with E-state index in [1.165, 1.54) is 12.3 Å². The first-order valence-electron chi connectivity index (χ1n) is 11.7. The lowest BCUT2D eigenvalue weighted by Gasteiger charge is -2.17. The van der Waals surface area contributed by atoms with Crippen LogP contribution in [0.5, 0.6) is 5.75 Å². The van der Waals surface area contributed by atoms with Crippen LogP contribution in [0.3, 0.4) is 0 Å². The average molecular weight is 573 g/mol. The molecular formula is C27H22F3N3O8. The van der Waals surface area contributed by atoms with Gasteiger partial charge in [0.2, 0.25) is 0 Å². The van der Waals surface area contributed by atoms with Gasteiger partial charge in [0.05, 0.1) is 6.42 Å². The van der Waals surface area contributed by atoms with Gasteiger partial charge in [-0.1, -0.05) is 36.4 Å². The number of carboxylic acid groups (broad SMARTS) is 3. The van der Waals surface area contributed by atoms with E-state index in [9.17, 15) is 37.8 Å². The van der Waals surface area contributed by atoms with E-state index in [4.69, 9.17) is 14.6 Å². The monoisotopic (exact) mass is 573 g/mol. The Balaban J connectivity index is 0.000000587. The molecule has 14 heteroatoms.